The van der Waals surface area contributed by atoms with Crippen LogP contribution < -0.4 is 5.32 Å². The normalized spacial score (nSPS) is 11.9. The molecule has 0 saturated heterocycles. The minimum absolute atomic E-state index is 0.0577. The van der Waals surface area contributed by atoms with Gasteiger partial charge in [0.1, 0.15) is 18.3 Å². The van der Waals surface area contributed by atoms with Crippen LogP contribution in [0.2, 0.25) is 0 Å². The highest BCUT2D eigenvalue weighted by atomic mass is 16.6. The van der Waals surface area contributed by atoms with Crippen LogP contribution in [-0.2, 0) is 40.4 Å². The lowest BCUT2D eigenvalue weighted by Gasteiger charge is -2.20. The van der Waals surface area contributed by atoms with Gasteiger partial charge in [-0.05, 0) is 5.41 Å². The van der Waals surface area contributed by atoms with E-state index in [0.717, 1.165) is 0 Å². The number of rotatable bonds is 13. The summed E-state index contributed by atoms with van der Waals surface area (Å²) >= 11 is 0. The number of hydrogen-bond acceptors (Lipinski definition) is 12. The molecule has 2 heterocycles. The Morgan fingerprint density at radius 3 is 1.89 bits per heavy atom. The van der Waals surface area contributed by atoms with E-state index in [1.807, 2.05) is 20.8 Å². The Kier molecular flexibility index (Phi) is 10.1. The number of nitro groups is 2. The number of amides is 1. The van der Waals surface area contributed by atoms with E-state index in [9.17, 15) is 29.8 Å². The monoisotopic (exact) mass is 621 g/mol. The van der Waals surface area contributed by atoms with Crippen molar-refractivity contribution in [2.75, 3.05) is 6.61 Å². The molecule has 1 amide bonds. The Bertz CT molecular complexity index is 1680. The fourth-order valence-electron chi connectivity index (χ4n) is 4.10. The molecular formula is C28H31N9O8. The molecule has 1 N–H and O–H groups in total. The number of aromatic nitrogens is 6. The SMILES string of the molecule is CC(C)(C)COC(=O)N[C@H](Cc1cn(Cc2ccccc2[N+](=O)[O-])nn1)C(=O)OCc1cn(Cc2ccccc2[N+](=O)[O-])nn1. The van der Waals surface area contributed by atoms with Crippen molar-refractivity contribution >= 4 is 23.4 Å². The van der Waals surface area contributed by atoms with Gasteiger partial charge in [-0.2, -0.15) is 0 Å². The molecular weight excluding hydrogens is 590 g/mol. The number of alkyl carbamates (subject to hydrolysis) is 1. The van der Waals surface area contributed by atoms with E-state index in [1.165, 1.54) is 33.9 Å². The van der Waals surface area contributed by atoms with Gasteiger partial charge in [-0.25, -0.2) is 19.0 Å². The van der Waals surface area contributed by atoms with Crippen molar-refractivity contribution in [3.63, 3.8) is 0 Å². The lowest BCUT2D eigenvalue weighted by molar-refractivity contribution is -0.385. The topological polar surface area (TPSA) is 212 Å². The molecule has 1 atom stereocenters. The lowest BCUT2D eigenvalue weighted by atomic mass is 9.99. The van der Waals surface area contributed by atoms with Crippen LogP contribution in [0.4, 0.5) is 16.2 Å². The first-order valence-corrected chi connectivity index (χ1v) is 13.7. The third-order valence-electron chi connectivity index (χ3n) is 6.20. The Balaban J connectivity index is 1.43. The minimum Gasteiger partial charge on any atom is -0.457 e. The van der Waals surface area contributed by atoms with Crippen LogP contribution in [0, 0.1) is 25.6 Å². The molecule has 2 aromatic carbocycles. The summed E-state index contributed by atoms with van der Waals surface area (Å²) in [6, 6.07) is 11.2. The van der Waals surface area contributed by atoms with Gasteiger partial charge in [-0.3, -0.25) is 20.2 Å². The maximum absolute atomic E-state index is 13.1. The molecule has 0 spiro atoms. The average Bonchev–Trinajstić information content (AvgIpc) is 3.63. The van der Waals surface area contributed by atoms with E-state index in [4.69, 9.17) is 9.47 Å². The number of benzene rings is 2. The van der Waals surface area contributed by atoms with Crippen LogP contribution in [0.5, 0.6) is 0 Å². The largest absolute Gasteiger partial charge is 0.457 e. The van der Waals surface area contributed by atoms with Gasteiger partial charge in [0, 0.05) is 24.8 Å². The summed E-state index contributed by atoms with van der Waals surface area (Å²) in [5.41, 5.74) is 0.957. The number of nitrogens with zero attached hydrogens (tertiary/aromatic N) is 8. The van der Waals surface area contributed by atoms with Gasteiger partial charge in [0.25, 0.3) is 11.4 Å². The van der Waals surface area contributed by atoms with E-state index >= 15 is 0 Å². The minimum atomic E-state index is -1.23. The molecule has 2 aromatic heterocycles. The summed E-state index contributed by atoms with van der Waals surface area (Å²) in [6.07, 6.45) is 2.03. The molecule has 0 aliphatic rings. The van der Waals surface area contributed by atoms with Crippen LogP contribution >= 0.6 is 0 Å². The first-order valence-electron chi connectivity index (χ1n) is 13.7. The van der Waals surface area contributed by atoms with Gasteiger partial charge in [0.05, 0.1) is 52.6 Å². The predicted octanol–water partition coefficient (Wildman–Crippen LogP) is 3.21. The van der Waals surface area contributed by atoms with Crippen molar-refractivity contribution in [2.45, 2.75) is 52.9 Å². The highest BCUT2D eigenvalue weighted by Gasteiger charge is 2.27. The molecule has 0 unspecified atom stereocenters. The number of para-hydroxylation sites is 2. The molecule has 236 valence electrons. The fraction of sp³-hybridized carbons (Fsp3) is 0.357. The van der Waals surface area contributed by atoms with Crippen molar-refractivity contribution in [3.05, 3.63) is 104 Å². The molecule has 0 saturated carbocycles. The van der Waals surface area contributed by atoms with Crippen molar-refractivity contribution in [1.82, 2.24) is 35.3 Å². The summed E-state index contributed by atoms with van der Waals surface area (Å²) < 4.78 is 13.4. The van der Waals surface area contributed by atoms with Gasteiger partial charge in [-0.15, -0.1) is 10.2 Å². The number of esters is 1. The van der Waals surface area contributed by atoms with Crippen LogP contribution in [0.1, 0.15) is 43.3 Å². The van der Waals surface area contributed by atoms with Crippen molar-refractivity contribution < 1.29 is 28.9 Å². The van der Waals surface area contributed by atoms with Gasteiger partial charge in [0.2, 0.25) is 0 Å². The molecule has 0 radical (unpaired) electrons. The quantitative estimate of drug-likeness (QED) is 0.129. The maximum Gasteiger partial charge on any atom is 0.407 e. The fourth-order valence-corrected chi connectivity index (χ4v) is 4.10. The third-order valence-corrected chi connectivity index (χ3v) is 6.20. The molecule has 0 fully saturated rings. The number of carbonyl (C=O) groups excluding carboxylic acids is 2. The number of nitro benzene ring substituents is 2. The van der Waals surface area contributed by atoms with Gasteiger partial charge >= 0.3 is 12.1 Å². The Morgan fingerprint density at radius 1 is 0.844 bits per heavy atom. The molecule has 4 rings (SSSR count). The number of nitrogens with one attached hydrogen (secondary N) is 1. The van der Waals surface area contributed by atoms with E-state index in [0.29, 0.717) is 16.8 Å². The van der Waals surface area contributed by atoms with E-state index in [1.54, 1.807) is 36.4 Å². The van der Waals surface area contributed by atoms with Crippen LogP contribution in [0.15, 0.2) is 60.9 Å². The number of hydrogen-bond donors (Lipinski definition) is 1. The van der Waals surface area contributed by atoms with Crippen LogP contribution in [0.3, 0.4) is 0 Å². The molecule has 45 heavy (non-hydrogen) atoms. The smallest absolute Gasteiger partial charge is 0.407 e. The van der Waals surface area contributed by atoms with Crippen molar-refractivity contribution in [3.8, 4) is 0 Å². The summed E-state index contributed by atoms with van der Waals surface area (Å²) in [5, 5.41) is 41.1. The summed E-state index contributed by atoms with van der Waals surface area (Å²) in [5.74, 6) is -0.816. The summed E-state index contributed by atoms with van der Waals surface area (Å²) in [6.45, 7) is 5.57. The molecule has 0 bridgehead atoms. The van der Waals surface area contributed by atoms with E-state index in [-0.39, 0.29) is 55.2 Å². The highest BCUT2D eigenvalue weighted by Crippen LogP contribution is 2.20. The summed E-state index contributed by atoms with van der Waals surface area (Å²) in [7, 11) is 0. The molecule has 0 aliphatic heterocycles. The molecule has 0 aliphatic carbocycles. The second-order valence-electron chi connectivity index (χ2n) is 11.2. The summed E-state index contributed by atoms with van der Waals surface area (Å²) in [4.78, 5) is 47.4. The Hall–Kier alpha value is -5.74. The predicted molar refractivity (Wildman–Crippen MR) is 156 cm³/mol. The first kappa shape index (κ1) is 32.2. The number of ether oxygens (including phenoxy) is 2. The molecule has 17 nitrogen and oxygen atoms in total. The van der Waals surface area contributed by atoms with Crippen molar-refractivity contribution in [2.24, 2.45) is 5.41 Å². The maximum atomic E-state index is 13.1. The first-order chi connectivity index (χ1) is 21.4. The van der Waals surface area contributed by atoms with Crippen molar-refractivity contribution in [1.29, 1.82) is 0 Å². The van der Waals surface area contributed by atoms with Gasteiger partial charge in [0.15, 0.2) is 0 Å². The zero-order valence-corrected chi connectivity index (χ0v) is 24.7. The zero-order chi connectivity index (χ0) is 32.6. The second kappa shape index (κ2) is 14.2. The van der Waals surface area contributed by atoms with Crippen LogP contribution in [0.25, 0.3) is 0 Å². The molecule has 17 heteroatoms. The lowest BCUT2D eigenvalue weighted by Crippen LogP contribution is -2.44. The van der Waals surface area contributed by atoms with Crippen LogP contribution in [-0.4, -0.2) is 64.5 Å². The highest BCUT2D eigenvalue weighted by molar-refractivity contribution is 5.81. The van der Waals surface area contributed by atoms with Gasteiger partial charge in [-0.1, -0.05) is 67.6 Å². The standard InChI is InChI=1S/C28H31N9O8/c1-28(2,3)18-45-27(39)29-23(12-21-15-34(32-30-21)13-19-8-4-6-10-24(19)36(40)41)26(38)44-17-22-16-35(33-31-22)14-20-9-5-7-11-25(20)37(42)43/h4-11,15-16,23H,12-14,17-18H2,1-3H3,(H,29,39)/t23-/m1/s1. The second-order valence-corrected chi connectivity index (χ2v) is 11.2. The van der Waals surface area contributed by atoms with E-state index < -0.39 is 28.0 Å². The Labute approximate surface area is 256 Å². The Morgan fingerprint density at radius 2 is 1.36 bits per heavy atom. The zero-order valence-electron chi connectivity index (χ0n) is 24.7. The molecule has 4 aromatic rings. The van der Waals surface area contributed by atoms with E-state index in [2.05, 4.69) is 25.9 Å². The van der Waals surface area contributed by atoms with Gasteiger partial charge < -0.3 is 14.8 Å². The number of carbonyl (C=O) groups is 2. The average molecular weight is 622 g/mol. The third kappa shape index (κ3) is 9.37.